The Kier molecular flexibility index (Phi) is 6.11. The second-order valence-electron chi connectivity index (χ2n) is 7.33. The van der Waals surface area contributed by atoms with E-state index >= 15 is 0 Å². The zero-order valence-electron chi connectivity index (χ0n) is 16.2. The molecule has 0 unspecified atom stereocenters. The highest BCUT2D eigenvalue weighted by Gasteiger charge is 2.22. The number of rotatable bonds is 7. The summed E-state index contributed by atoms with van der Waals surface area (Å²) in [5.41, 5.74) is 2.64. The van der Waals surface area contributed by atoms with Crippen molar-refractivity contribution >= 4 is 28.5 Å². The van der Waals surface area contributed by atoms with Crippen LogP contribution in [0.15, 0.2) is 18.2 Å². The van der Waals surface area contributed by atoms with Gasteiger partial charge < -0.3 is 19.9 Å². The minimum atomic E-state index is -0.278. The summed E-state index contributed by atoms with van der Waals surface area (Å²) in [5.74, 6) is 0.879. The van der Waals surface area contributed by atoms with E-state index in [0.29, 0.717) is 13.2 Å². The summed E-state index contributed by atoms with van der Waals surface area (Å²) < 4.78 is 7.44. The number of fused-ring (bicyclic) bond motifs is 1. The van der Waals surface area contributed by atoms with Gasteiger partial charge in [0.1, 0.15) is 11.9 Å². The molecule has 1 aromatic heterocycles. The number of benzene rings is 1. The molecule has 0 spiro atoms. The van der Waals surface area contributed by atoms with Crippen molar-refractivity contribution in [2.45, 2.75) is 45.6 Å². The number of nitrogens with one attached hydrogen (secondary N) is 2. The van der Waals surface area contributed by atoms with E-state index < -0.39 is 0 Å². The van der Waals surface area contributed by atoms with Crippen molar-refractivity contribution in [2.75, 3.05) is 18.5 Å². The van der Waals surface area contributed by atoms with Gasteiger partial charge >= 0.3 is 0 Å². The number of aryl methyl sites for hydroxylation is 2. The lowest BCUT2D eigenvalue weighted by Crippen LogP contribution is -2.34. The summed E-state index contributed by atoms with van der Waals surface area (Å²) in [5, 5.41) is 5.85. The van der Waals surface area contributed by atoms with Crippen molar-refractivity contribution in [2.24, 2.45) is 13.0 Å². The van der Waals surface area contributed by atoms with Gasteiger partial charge in [-0.2, -0.15) is 0 Å². The van der Waals surface area contributed by atoms with E-state index in [2.05, 4.69) is 15.2 Å². The van der Waals surface area contributed by atoms with Gasteiger partial charge in [-0.05, 0) is 37.5 Å². The van der Waals surface area contributed by atoms with Crippen LogP contribution in [0.5, 0.6) is 0 Å². The third-order valence-corrected chi connectivity index (χ3v) is 4.86. The van der Waals surface area contributed by atoms with Crippen LogP contribution in [-0.4, -0.2) is 40.6 Å². The van der Waals surface area contributed by atoms with Crippen molar-refractivity contribution in [1.82, 2.24) is 14.9 Å². The fourth-order valence-electron chi connectivity index (χ4n) is 3.19. The number of amides is 2. The highest BCUT2D eigenvalue weighted by molar-refractivity contribution is 5.94. The minimum absolute atomic E-state index is 0.00696. The first-order chi connectivity index (χ1) is 13.0. The highest BCUT2D eigenvalue weighted by atomic mass is 16.5. The molecule has 1 fully saturated rings. The number of imidazole rings is 1. The predicted molar refractivity (Wildman–Crippen MR) is 104 cm³/mol. The molecule has 27 heavy (non-hydrogen) atoms. The van der Waals surface area contributed by atoms with Gasteiger partial charge in [-0.15, -0.1) is 0 Å². The van der Waals surface area contributed by atoms with Crippen LogP contribution >= 0.6 is 0 Å². The number of aromatic nitrogens is 2. The molecule has 146 valence electrons. The maximum atomic E-state index is 11.9. The van der Waals surface area contributed by atoms with Crippen molar-refractivity contribution < 1.29 is 14.3 Å². The van der Waals surface area contributed by atoms with Crippen molar-refractivity contribution in [3.05, 3.63) is 24.0 Å². The van der Waals surface area contributed by atoms with Crippen LogP contribution in [0.3, 0.4) is 0 Å². The second kappa shape index (κ2) is 8.52. The number of carbonyl (C=O) groups is 2. The lowest BCUT2D eigenvalue weighted by Gasteiger charge is -2.10. The van der Waals surface area contributed by atoms with E-state index in [9.17, 15) is 9.59 Å². The second-order valence-corrected chi connectivity index (χ2v) is 7.33. The largest absolute Gasteiger partial charge is 0.368 e. The number of hydrogen-bond donors (Lipinski definition) is 2. The molecule has 0 radical (unpaired) electrons. The number of nitrogens with zero attached hydrogens (tertiary/aromatic N) is 2. The van der Waals surface area contributed by atoms with E-state index in [0.717, 1.165) is 48.2 Å². The van der Waals surface area contributed by atoms with Crippen molar-refractivity contribution in [3.63, 3.8) is 0 Å². The summed E-state index contributed by atoms with van der Waals surface area (Å²) in [4.78, 5) is 28.5. The first-order valence-electron chi connectivity index (χ1n) is 9.61. The van der Waals surface area contributed by atoms with Gasteiger partial charge in [-0.25, -0.2) is 4.98 Å². The molecule has 0 bridgehead atoms. The van der Waals surface area contributed by atoms with Gasteiger partial charge in [0.25, 0.3) is 0 Å². The molecule has 1 atom stereocenters. The molecule has 2 N–H and O–H groups in total. The first-order valence-corrected chi connectivity index (χ1v) is 9.61. The Bertz CT molecular complexity index is 822. The fraction of sp³-hybridized carbons (Fsp3) is 0.550. The number of hydrogen-bond acceptors (Lipinski definition) is 4. The van der Waals surface area contributed by atoms with Gasteiger partial charge in [0.15, 0.2) is 0 Å². The molecule has 7 nitrogen and oxygen atoms in total. The quantitative estimate of drug-likeness (QED) is 0.731. The Morgan fingerprint density at radius 3 is 2.89 bits per heavy atom. The average molecular weight is 372 g/mol. The zero-order valence-corrected chi connectivity index (χ0v) is 16.2. The molecule has 0 saturated carbocycles. The first kappa shape index (κ1) is 19.4. The van der Waals surface area contributed by atoms with Crippen LogP contribution in [0.4, 0.5) is 5.69 Å². The highest BCUT2D eigenvalue weighted by Crippen LogP contribution is 2.21. The van der Waals surface area contributed by atoms with Crippen molar-refractivity contribution in [1.29, 1.82) is 0 Å². The Morgan fingerprint density at radius 2 is 2.19 bits per heavy atom. The molecule has 1 aliphatic heterocycles. The Morgan fingerprint density at radius 1 is 1.37 bits per heavy atom. The molecule has 7 heteroatoms. The van der Waals surface area contributed by atoms with Crippen LogP contribution in [0, 0.1) is 5.92 Å². The molecular weight excluding hydrogens is 344 g/mol. The maximum absolute atomic E-state index is 11.9. The van der Waals surface area contributed by atoms with Gasteiger partial charge in [0, 0.05) is 38.2 Å². The Hall–Kier alpha value is -2.41. The lowest BCUT2D eigenvalue weighted by molar-refractivity contribution is -0.130. The topological polar surface area (TPSA) is 85.2 Å². The summed E-state index contributed by atoms with van der Waals surface area (Å²) in [6, 6.07) is 5.77. The molecule has 3 rings (SSSR count). The summed E-state index contributed by atoms with van der Waals surface area (Å²) in [6.45, 7) is 5.02. The van der Waals surface area contributed by atoms with Crippen molar-refractivity contribution in [3.8, 4) is 0 Å². The number of carbonyl (C=O) groups excluding carboxylic acids is 2. The molecule has 1 aliphatic rings. The van der Waals surface area contributed by atoms with Crippen LogP contribution in [0.2, 0.25) is 0 Å². The maximum Gasteiger partial charge on any atom is 0.249 e. The molecule has 1 aromatic carbocycles. The number of ether oxygens (including phenoxy) is 1. The monoisotopic (exact) mass is 372 g/mol. The SMILES string of the molecule is CC(C)C(=O)Nc1ccc2c(c1)nc(CCCNC(=O)[C@H]1CCCO1)n2C. The normalized spacial score (nSPS) is 16.8. The number of anilines is 1. The molecular formula is C20H28N4O3. The minimum Gasteiger partial charge on any atom is -0.368 e. The van der Waals surface area contributed by atoms with Crippen LogP contribution in [0.1, 0.15) is 38.9 Å². The summed E-state index contributed by atoms with van der Waals surface area (Å²) in [7, 11) is 1.99. The average Bonchev–Trinajstić information content (AvgIpc) is 3.27. The third-order valence-electron chi connectivity index (χ3n) is 4.86. The fourth-order valence-corrected chi connectivity index (χ4v) is 3.19. The van der Waals surface area contributed by atoms with E-state index in [1.54, 1.807) is 0 Å². The van der Waals surface area contributed by atoms with Gasteiger partial charge in [0.2, 0.25) is 11.8 Å². The van der Waals surface area contributed by atoms with Crippen LogP contribution in [-0.2, 0) is 27.8 Å². The molecule has 2 aromatic rings. The Labute approximate surface area is 159 Å². The van der Waals surface area contributed by atoms with E-state index in [-0.39, 0.29) is 23.8 Å². The molecule has 2 heterocycles. The third kappa shape index (κ3) is 4.66. The zero-order chi connectivity index (χ0) is 19.4. The lowest BCUT2D eigenvalue weighted by atomic mass is 10.2. The standard InChI is InChI=1S/C20H28N4O3/c1-13(2)19(25)22-14-8-9-16-15(12-14)23-18(24(16)3)7-4-10-21-20(26)17-6-5-11-27-17/h8-9,12-13,17H,4-7,10-11H2,1-3H3,(H,21,26)(H,22,25)/t17-/m1/s1. The van der Waals surface area contributed by atoms with E-state index in [1.165, 1.54) is 0 Å². The van der Waals surface area contributed by atoms with Crippen LogP contribution < -0.4 is 10.6 Å². The summed E-state index contributed by atoms with van der Waals surface area (Å²) in [6.07, 6.45) is 3.07. The van der Waals surface area contributed by atoms with E-state index in [4.69, 9.17) is 9.72 Å². The van der Waals surface area contributed by atoms with Crippen LogP contribution in [0.25, 0.3) is 11.0 Å². The Balaban J connectivity index is 1.57. The van der Waals surface area contributed by atoms with Gasteiger partial charge in [0.05, 0.1) is 11.0 Å². The smallest absolute Gasteiger partial charge is 0.249 e. The molecule has 1 saturated heterocycles. The summed E-state index contributed by atoms with van der Waals surface area (Å²) >= 11 is 0. The van der Waals surface area contributed by atoms with Gasteiger partial charge in [-0.3, -0.25) is 9.59 Å². The molecule has 2 amide bonds. The predicted octanol–water partition coefficient (Wildman–Crippen LogP) is 2.40. The van der Waals surface area contributed by atoms with E-state index in [1.807, 2.05) is 39.1 Å². The molecule has 0 aliphatic carbocycles. The van der Waals surface area contributed by atoms with Gasteiger partial charge in [-0.1, -0.05) is 13.8 Å².